The Morgan fingerprint density at radius 1 is 1.18 bits per heavy atom. The first kappa shape index (κ1) is 22.9. The summed E-state index contributed by atoms with van der Waals surface area (Å²) in [6.45, 7) is 1.79. The Morgan fingerprint density at radius 2 is 1.79 bits per heavy atom. The van der Waals surface area contributed by atoms with Gasteiger partial charge in [0.05, 0.1) is 34.3 Å². The quantitative estimate of drug-likeness (QED) is 0.558. The number of nitrogens with zero attached hydrogens (tertiary/aromatic N) is 2. The molecule has 0 amide bonds. The maximum atomic E-state index is 13.3. The van der Waals surface area contributed by atoms with E-state index in [4.69, 9.17) is 33.7 Å². The van der Waals surface area contributed by atoms with E-state index in [1.165, 1.54) is 4.57 Å². The molecule has 1 aliphatic rings. The Balaban J connectivity index is 2.05. The van der Waals surface area contributed by atoms with Crippen LogP contribution in [0.3, 0.4) is 0 Å². The number of aromatic nitrogens is 1. The van der Waals surface area contributed by atoms with E-state index >= 15 is 0 Å². The number of nitrogens with two attached hydrogens (primary N) is 1. The Kier molecular flexibility index (Phi) is 6.43. The summed E-state index contributed by atoms with van der Waals surface area (Å²) in [5.74, 6) is -1.54. The van der Waals surface area contributed by atoms with Crippen molar-refractivity contribution in [3.63, 3.8) is 0 Å². The van der Waals surface area contributed by atoms with Crippen LogP contribution in [0.5, 0.6) is 0 Å². The number of halogens is 2. The third-order valence-electron chi connectivity index (χ3n) is 5.14. The number of fused-ring (bicyclic) bond motifs is 1. The van der Waals surface area contributed by atoms with Crippen molar-refractivity contribution in [3.8, 4) is 6.07 Å². The van der Waals surface area contributed by atoms with Gasteiger partial charge in [0.2, 0.25) is 0 Å². The highest BCUT2D eigenvalue weighted by molar-refractivity contribution is 7.07. The average Bonchev–Trinajstić information content (AvgIpc) is 3.12. The Bertz CT molecular complexity index is 1490. The first-order chi connectivity index (χ1) is 15.8. The average molecular weight is 498 g/mol. The number of carbonyl (C=O) groups is 1. The number of hydrogen-bond donors (Lipinski definition) is 1. The molecular formula is C24H17Cl2N3O3S. The van der Waals surface area contributed by atoms with Crippen LogP contribution in [0.2, 0.25) is 10.0 Å². The zero-order valence-corrected chi connectivity index (χ0v) is 19.7. The second kappa shape index (κ2) is 9.28. The molecule has 0 aliphatic carbocycles. The molecule has 2 heterocycles. The summed E-state index contributed by atoms with van der Waals surface area (Å²) in [7, 11) is 0. The van der Waals surface area contributed by atoms with Gasteiger partial charge in [-0.3, -0.25) is 9.36 Å². The van der Waals surface area contributed by atoms with Crippen LogP contribution in [0.25, 0.3) is 17.5 Å². The van der Waals surface area contributed by atoms with Crippen molar-refractivity contribution in [2.24, 2.45) is 5.73 Å². The summed E-state index contributed by atoms with van der Waals surface area (Å²) in [5.41, 5.74) is 7.64. The van der Waals surface area contributed by atoms with Crippen LogP contribution >= 0.6 is 34.5 Å². The minimum atomic E-state index is -0.798. The van der Waals surface area contributed by atoms with Gasteiger partial charge in [-0.25, -0.2) is 4.79 Å². The van der Waals surface area contributed by atoms with E-state index in [0.717, 1.165) is 16.9 Å². The van der Waals surface area contributed by atoms with Gasteiger partial charge in [0.25, 0.3) is 5.56 Å². The van der Waals surface area contributed by atoms with Crippen LogP contribution in [-0.4, -0.2) is 17.1 Å². The number of rotatable bonds is 4. The van der Waals surface area contributed by atoms with E-state index in [1.807, 2.05) is 0 Å². The fourth-order valence-electron chi connectivity index (χ4n) is 3.66. The Morgan fingerprint density at radius 3 is 2.36 bits per heavy atom. The molecule has 33 heavy (non-hydrogen) atoms. The Hall–Kier alpha value is -3.31. The second-order valence-corrected chi connectivity index (χ2v) is 9.04. The second-order valence-electron chi connectivity index (χ2n) is 7.14. The molecule has 166 valence electrons. The summed E-state index contributed by atoms with van der Waals surface area (Å²) < 4.78 is 7.18. The molecule has 3 aromatic rings. The molecule has 0 saturated heterocycles. The van der Waals surface area contributed by atoms with Crippen LogP contribution in [0.15, 0.2) is 58.9 Å². The monoisotopic (exact) mass is 497 g/mol. The summed E-state index contributed by atoms with van der Waals surface area (Å²) >= 11 is 13.1. The lowest BCUT2D eigenvalue weighted by molar-refractivity contribution is -0.138. The lowest BCUT2D eigenvalue weighted by Crippen LogP contribution is -2.40. The minimum Gasteiger partial charge on any atom is -0.463 e. The van der Waals surface area contributed by atoms with E-state index < -0.39 is 17.4 Å². The van der Waals surface area contributed by atoms with Crippen LogP contribution in [0.1, 0.15) is 24.0 Å². The SMILES string of the molecule is CCOC(=O)C1=C(N)n2c(s/c(=C\c3ccc(Cl)cc3)c2=O)=C(C#N)[C@@H]1c1ccc(Cl)cc1. The van der Waals surface area contributed by atoms with Crippen LogP contribution < -0.4 is 20.5 Å². The molecule has 0 bridgehead atoms. The zero-order valence-electron chi connectivity index (χ0n) is 17.3. The molecule has 9 heteroatoms. The van der Waals surface area contributed by atoms with Crippen molar-refractivity contribution >= 4 is 58.0 Å². The molecule has 1 aromatic heterocycles. The summed E-state index contributed by atoms with van der Waals surface area (Å²) in [4.78, 5) is 26.2. The van der Waals surface area contributed by atoms with E-state index in [0.29, 0.717) is 24.8 Å². The molecule has 4 rings (SSSR count). The first-order valence-corrected chi connectivity index (χ1v) is 11.5. The summed E-state index contributed by atoms with van der Waals surface area (Å²) in [6, 6.07) is 16.0. The molecule has 0 spiro atoms. The van der Waals surface area contributed by atoms with Crippen molar-refractivity contribution in [3.05, 3.63) is 94.8 Å². The van der Waals surface area contributed by atoms with Gasteiger partial charge < -0.3 is 10.5 Å². The van der Waals surface area contributed by atoms with Crippen molar-refractivity contribution < 1.29 is 9.53 Å². The van der Waals surface area contributed by atoms with Gasteiger partial charge in [-0.1, -0.05) is 47.5 Å². The molecule has 2 aromatic carbocycles. The highest BCUT2D eigenvalue weighted by Gasteiger charge is 2.36. The molecule has 1 atom stereocenters. The highest BCUT2D eigenvalue weighted by atomic mass is 35.5. The van der Waals surface area contributed by atoms with Gasteiger partial charge in [0.15, 0.2) is 0 Å². The number of hydrogen-bond acceptors (Lipinski definition) is 6. The number of esters is 1. The molecule has 1 aliphatic heterocycles. The van der Waals surface area contributed by atoms with Gasteiger partial charge in [0.1, 0.15) is 10.5 Å². The predicted octanol–water partition coefficient (Wildman–Crippen LogP) is 3.21. The van der Waals surface area contributed by atoms with Crippen LogP contribution in [0, 0.1) is 11.3 Å². The first-order valence-electron chi connectivity index (χ1n) is 9.91. The summed E-state index contributed by atoms with van der Waals surface area (Å²) in [6.07, 6.45) is 1.69. The van der Waals surface area contributed by atoms with E-state index in [2.05, 4.69) is 6.07 Å². The molecule has 0 radical (unpaired) electrons. The molecule has 6 nitrogen and oxygen atoms in total. The topological polar surface area (TPSA) is 98.1 Å². The van der Waals surface area contributed by atoms with Crippen molar-refractivity contribution in [1.82, 2.24) is 4.57 Å². The van der Waals surface area contributed by atoms with Crippen LogP contribution in [-0.2, 0) is 9.53 Å². The maximum Gasteiger partial charge on any atom is 0.338 e. The fraction of sp³-hybridized carbons (Fsp3) is 0.125. The van der Waals surface area contributed by atoms with E-state index in [-0.39, 0.29) is 23.6 Å². The number of benzene rings is 2. The smallest absolute Gasteiger partial charge is 0.338 e. The largest absolute Gasteiger partial charge is 0.463 e. The van der Waals surface area contributed by atoms with E-state index in [9.17, 15) is 14.9 Å². The van der Waals surface area contributed by atoms with Crippen molar-refractivity contribution in [2.75, 3.05) is 6.61 Å². The molecule has 2 N–H and O–H groups in total. The molecule has 0 fully saturated rings. The van der Waals surface area contributed by atoms with E-state index in [1.54, 1.807) is 61.5 Å². The Labute approximate surface area is 203 Å². The molecule has 0 saturated carbocycles. The lowest BCUT2D eigenvalue weighted by atomic mass is 9.84. The van der Waals surface area contributed by atoms with Crippen molar-refractivity contribution in [1.29, 1.82) is 5.26 Å². The number of thiazole rings is 1. The number of nitriles is 1. The third kappa shape index (κ3) is 4.21. The lowest BCUT2D eigenvalue weighted by Gasteiger charge is -2.25. The summed E-state index contributed by atoms with van der Waals surface area (Å²) in [5, 5.41) is 11.2. The van der Waals surface area contributed by atoms with Gasteiger partial charge in [-0.05, 0) is 48.4 Å². The number of carbonyl (C=O) groups excluding carboxylic acids is 1. The van der Waals surface area contributed by atoms with Gasteiger partial charge in [0, 0.05) is 10.0 Å². The zero-order chi connectivity index (χ0) is 23.7. The standard InChI is InChI=1S/C24H17Cl2N3O3S/c1-2-32-24(31)20-19(14-5-9-16(26)10-6-14)17(12-27)23-29(21(20)28)22(30)18(33-23)11-13-3-7-15(25)8-4-13/h3-11,19H,2,28H2,1H3/b18-11-/t19-/m0/s1. The normalized spacial score (nSPS) is 15.9. The van der Waals surface area contributed by atoms with Crippen LogP contribution in [0.4, 0.5) is 0 Å². The maximum absolute atomic E-state index is 13.3. The van der Waals surface area contributed by atoms with Gasteiger partial charge in [-0.2, -0.15) is 5.26 Å². The highest BCUT2D eigenvalue weighted by Crippen LogP contribution is 2.37. The number of ether oxygens (including phenoxy) is 1. The van der Waals surface area contributed by atoms with Crippen molar-refractivity contribution in [2.45, 2.75) is 12.8 Å². The molecule has 0 unspecified atom stereocenters. The predicted molar refractivity (Wildman–Crippen MR) is 130 cm³/mol. The van der Waals surface area contributed by atoms with Gasteiger partial charge >= 0.3 is 5.97 Å². The minimum absolute atomic E-state index is 0.0427. The fourth-order valence-corrected chi connectivity index (χ4v) is 5.04. The third-order valence-corrected chi connectivity index (χ3v) is 6.75. The van der Waals surface area contributed by atoms with Gasteiger partial charge in [-0.15, -0.1) is 11.3 Å². The molecular weight excluding hydrogens is 481 g/mol.